The van der Waals surface area contributed by atoms with Crippen LogP contribution in [0.5, 0.6) is 11.5 Å². The molecule has 1 aliphatic rings. The van der Waals surface area contributed by atoms with Crippen molar-refractivity contribution in [2.24, 2.45) is 0 Å². The van der Waals surface area contributed by atoms with Gasteiger partial charge in [0.25, 0.3) is 5.91 Å². The molecule has 0 spiro atoms. The summed E-state index contributed by atoms with van der Waals surface area (Å²) in [5, 5.41) is 3.84. The molecule has 7 nitrogen and oxygen atoms in total. The largest absolute Gasteiger partial charge is 0.494 e. The van der Waals surface area contributed by atoms with Crippen LogP contribution in [0.25, 0.3) is 10.9 Å². The summed E-state index contributed by atoms with van der Waals surface area (Å²) in [5.41, 5.74) is 2.02. The number of fused-ring (bicyclic) bond motifs is 1. The highest BCUT2D eigenvalue weighted by Crippen LogP contribution is 2.21. The van der Waals surface area contributed by atoms with E-state index in [1.165, 1.54) is 4.90 Å². The van der Waals surface area contributed by atoms with E-state index in [1.807, 2.05) is 49.5 Å². The lowest BCUT2D eigenvalue weighted by molar-refractivity contribution is -0.127. The molecule has 29 heavy (non-hydrogen) atoms. The summed E-state index contributed by atoms with van der Waals surface area (Å²) < 4.78 is 11.1. The molecule has 0 unspecified atom stereocenters. The number of aromatic nitrogens is 1. The normalized spacial score (nSPS) is 16.3. The first kappa shape index (κ1) is 18.9. The highest BCUT2D eigenvalue weighted by molar-refractivity contribution is 6.04. The summed E-state index contributed by atoms with van der Waals surface area (Å²) in [6.07, 6.45) is 2.34. The first-order chi connectivity index (χ1) is 14.2. The van der Waals surface area contributed by atoms with Gasteiger partial charge >= 0.3 is 6.03 Å². The van der Waals surface area contributed by atoms with Crippen molar-refractivity contribution in [3.05, 3.63) is 60.3 Å². The molecule has 2 N–H and O–H groups in total. The van der Waals surface area contributed by atoms with Gasteiger partial charge in [-0.15, -0.1) is 0 Å². The van der Waals surface area contributed by atoms with Crippen LogP contribution in [-0.2, 0) is 11.2 Å². The molecule has 1 aliphatic heterocycles. The second-order valence-electron chi connectivity index (χ2n) is 6.81. The quantitative estimate of drug-likeness (QED) is 0.576. The van der Waals surface area contributed by atoms with Gasteiger partial charge in [-0.2, -0.15) is 0 Å². The Labute approximate surface area is 168 Å². The van der Waals surface area contributed by atoms with E-state index in [4.69, 9.17) is 9.47 Å². The summed E-state index contributed by atoms with van der Waals surface area (Å²) in [6.45, 7) is 2.95. The number of carbonyl (C=O) groups excluding carboxylic acids is 2. The fourth-order valence-electron chi connectivity index (χ4n) is 3.50. The number of H-pyrrole nitrogens is 1. The van der Waals surface area contributed by atoms with Crippen LogP contribution < -0.4 is 14.8 Å². The van der Waals surface area contributed by atoms with E-state index in [1.54, 1.807) is 12.1 Å². The Balaban J connectivity index is 1.33. The molecule has 3 amide bonds. The van der Waals surface area contributed by atoms with E-state index in [-0.39, 0.29) is 25.1 Å². The number of hydrogen-bond donors (Lipinski definition) is 2. The fourth-order valence-corrected chi connectivity index (χ4v) is 3.50. The number of rotatable bonds is 8. The zero-order valence-corrected chi connectivity index (χ0v) is 16.2. The topological polar surface area (TPSA) is 83.7 Å². The van der Waals surface area contributed by atoms with Gasteiger partial charge in [-0.05, 0) is 42.8 Å². The molecule has 0 bridgehead atoms. The Bertz CT molecular complexity index is 1010. The summed E-state index contributed by atoms with van der Waals surface area (Å²) in [6, 6.07) is 14.2. The third-order valence-electron chi connectivity index (χ3n) is 4.92. The van der Waals surface area contributed by atoms with Crippen LogP contribution >= 0.6 is 0 Å². The van der Waals surface area contributed by atoms with Gasteiger partial charge in [0.2, 0.25) is 0 Å². The van der Waals surface area contributed by atoms with E-state index in [0.29, 0.717) is 18.8 Å². The molecule has 2 aromatic carbocycles. The second-order valence-corrected chi connectivity index (χ2v) is 6.81. The molecule has 7 heteroatoms. The molecule has 0 aliphatic carbocycles. The van der Waals surface area contributed by atoms with Gasteiger partial charge in [0, 0.05) is 23.5 Å². The van der Waals surface area contributed by atoms with Crippen molar-refractivity contribution in [2.75, 3.05) is 19.8 Å². The lowest BCUT2D eigenvalue weighted by atomic mass is 10.1. The number of para-hydroxylation sites is 1. The van der Waals surface area contributed by atoms with Crippen LogP contribution in [0.1, 0.15) is 12.5 Å². The van der Waals surface area contributed by atoms with Crippen LogP contribution in [0.2, 0.25) is 0 Å². The molecule has 1 fully saturated rings. The number of benzene rings is 2. The zero-order valence-electron chi connectivity index (χ0n) is 16.2. The molecular formula is C22H23N3O4. The predicted molar refractivity (Wildman–Crippen MR) is 109 cm³/mol. The van der Waals surface area contributed by atoms with Crippen LogP contribution in [0.15, 0.2) is 54.7 Å². The Morgan fingerprint density at radius 3 is 2.48 bits per heavy atom. The molecule has 1 saturated heterocycles. The molecule has 4 rings (SSSR count). The van der Waals surface area contributed by atoms with E-state index in [0.717, 1.165) is 22.2 Å². The molecule has 2 heterocycles. The molecule has 150 valence electrons. The summed E-state index contributed by atoms with van der Waals surface area (Å²) in [5.74, 6) is 1.21. The maximum Gasteiger partial charge on any atom is 0.324 e. The lowest BCUT2D eigenvalue weighted by Gasteiger charge is -2.14. The number of hydrogen-bond acceptors (Lipinski definition) is 4. The number of ether oxygens (including phenoxy) is 2. The summed E-state index contributed by atoms with van der Waals surface area (Å²) >= 11 is 0. The van der Waals surface area contributed by atoms with E-state index in [9.17, 15) is 9.59 Å². The molecule has 0 saturated carbocycles. The standard InChI is InChI=1S/C22H23N3O4/c1-2-28-16-7-9-17(10-8-16)29-12-11-25-21(26)20(24-22(25)27)13-15-14-23-19-6-4-3-5-18(15)19/h3-10,14,20,23H,2,11-13H2,1H3,(H,24,27)/t20-/m0/s1. The van der Waals surface area contributed by atoms with Crippen LogP contribution in [0.3, 0.4) is 0 Å². The van der Waals surface area contributed by atoms with Crippen LogP contribution in [-0.4, -0.2) is 47.6 Å². The molecule has 1 aromatic heterocycles. The van der Waals surface area contributed by atoms with Crippen LogP contribution in [0, 0.1) is 0 Å². The number of carbonyl (C=O) groups is 2. The van der Waals surface area contributed by atoms with E-state index < -0.39 is 6.04 Å². The van der Waals surface area contributed by atoms with Crippen molar-refractivity contribution in [1.29, 1.82) is 0 Å². The predicted octanol–water partition coefficient (Wildman–Crippen LogP) is 3.11. The molecular weight excluding hydrogens is 370 g/mol. The number of imide groups is 1. The van der Waals surface area contributed by atoms with Crippen LogP contribution in [0.4, 0.5) is 4.79 Å². The first-order valence-electron chi connectivity index (χ1n) is 9.68. The third-order valence-corrected chi connectivity index (χ3v) is 4.92. The van der Waals surface area contributed by atoms with Gasteiger partial charge in [0.05, 0.1) is 13.2 Å². The average molecular weight is 393 g/mol. The Hall–Kier alpha value is -3.48. The Morgan fingerprint density at radius 2 is 1.72 bits per heavy atom. The lowest BCUT2D eigenvalue weighted by Crippen LogP contribution is -2.35. The number of nitrogens with one attached hydrogen (secondary N) is 2. The number of aromatic amines is 1. The van der Waals surface area contributed by atoms with Crippen molar-refractivity contribution in [3.8, 4) is 11.5 Å². The summed E-state index contributed by atoms with van der Waals surface area (Å²) in [7, 11) is 0. The number of amides is 3. The van der Waals surface area contributed by atoms with Gasteiger partial charge in [-0.3, -0.25) is 9.69 Å². The molecule has 0 radical (unpaired) electrons. The average Bonchev–Trinajstić information content (AvgIpc) is 3.25. The molecule has 3 aromatic rings. The van der Waals surface area contributed by atoms with E-state index in [2.05, 4.69) is 10.3 Å². The smallest absolute Gasteiger partial charge is 0.324 e. The Morgan fingerprint density at radius 1 is 1.00 bits per heavy atom. The van der Waals surface area contributed by atoms with Gasteiger partial charge in [-0.25, -0.2) is 4.79 Å². The van der Waals surface area contributed by atoms with Crippen molar-refractivity contribution in [2.45, 2.75) is 19.4 Å². The first-order valence-corrected chi connectivity index (χ1v) is 9.68. The SMILES string of the molecule is CCOc1ccc(OCCN2C(=O)N[C@@H](Cc3c[nH]c4ccccc34)C2=O)cc1. The van der Waals surface area contributed by atoms with Crippen molar-refractivity contribution in [1.82, 2.24) is 15.2 Å². The second kappa shape index (κ2) is 8.26. The van der Waals surface area contributed by atoms with Crippen molar-refractivity contribution in [3.63, 3.8) is 0 Å². The maximum absolute atomic E-state index is 12.7. The molecule has 1 atom stereocenters. The zero-order chi connectivity index (χ0) is 20.2. The highest BCUT2D eigenvalue weighted by Gasteiger charge is 2.37. The van der Waals surface area contributed by atoms with Gasteiger partial charge < -0.3 is 19.8 Å². The van der Waals surface area contributed by atoms with E-state index >= 15 is 0 Å². The van der Waals surface area contributed by atoms with Gasteiger partial charge in [0.1, 0.15) is 24.1 Å². The minimum absolute atomic E-state index is 0.197. The highest BCUT2D eigenvalue weighted by atomic mass is 16.5. The monoisotopic (exact) mass is 393 g/mol. The van der Waals surface area contributed by atoms with Gasteiger partial charge in [0.15, 0.2) is 0 Å². The van der Waals surface area contributed by atoms with Crippen molar-refractivity contribution >= 4 is 22.8 Å². The third kappa shape index (κ3) is 4.03. The number of urea groups is 1. The fraction of sp³-hybridized carbons (Fsp3) is 0.273. The number of nitrogens with zero attached hydrogens (tertiary/aromatic N) is 1. The summed E-state index contributed by atoms with van der Waals surface area (Å²) in [4.78, 5) is 29.4. The minimum atomic E-state index is -0.563. The minimum Gasteiger partial charge on any atom is -0.494 e. The van der Waals surface area contributed by atoms with Crippen molar-refractivity contribution < 1.29 is 19.1 Å². The maximum atomic E-state index is 12.7. The Kier molecular flexibility index (Phi) is 5.37. The van der Waals surface area contributed by atoms with Gasteiger partial charge in [-0.1, -0.05) is 18.2 Å².